The van der Waals surface area contributed by atoms with Crippen LogP contribution in [0.4, 0.5) is 0 Å². The van der Waals surface area contributed by atoms with Gasteiger partial charge in [-0.15, -0.1) is 0 Å². The zero-order valence-corrected chi connectivity index (χ0v) is 24.8. The van der Waals surface area contributed by atoms with E-state index in [1.54, 1.807) is 48.5 Å². The molecule has 226 valence electrons. The fourth-order valence-corrected chi connectivity index (χ4v) is 5.12. The number of halogens is 1. The van der Waals surface area contributed by atoms with Gasteiger partial charge in [-0.05, 0) is 33.7 Å². The van der Waals surface area contributed by atoms with Crippen molar-refractivity contribution in [1.29, 1.82) is 0 Å². The Morgan fingerprint density at radius 3 is 1.84 bits per heavy atom. The highest BCUT2D eigenvalue weighted by Crippen LogP contribution is 2.39. The van der Waals surface area contributed by atoms with Gasteiger partial charge in [0.1, 0.15) is 29.2 Å². The number of aromatic carboxylic acids is 2. The van der Waals surface area contributed by atoms with E-state index < -0.39 is 35.7 Å². The highest BCUT2D eigenvalue weighted by atomic mass is 35.5. The van der Waals surface area contributed by atoms with Crippen LogP contribution in [0.1, 0.15) is 45.2 Å². The number of aromatic hydroxyl groups is 1. The second-order valence-electron chi connectivity index (χ2n) is 11.1. The summed E-state index contributed by atoms with van der Waals surface area (Å²) in [7, 11) is 5.61. The molecular formula is C32H32ClNO9. The highest BCUT2D eigenvalue weighted by molar-refractivity contribution is 6.03. The van der Waals surface area contributed by atoms with Gasteiger partial charge in [-0.2, -0.15) is 0 Å². The zero-order valence-electron chi connectivity index (χ0n) is 24.1. The Bertz CT molecular complexity index is 1730. The summed E-state index contributed by atoms with van der Waals surface area (Å²) in [5, 5.41) is 33.2. The van der Waals surface area contributed by atoms with E-state index in [0.29, 0.717) is 32.6 Å². The molecule has 4 rings (SSSR count). The van der Waals surface area contributed by atoms with E-state index in [0.717, 1.165) is 0 Å². The second-order valence-corrected chi connectivity index (χ2v) is 11.1. The number of hydrogen-bond acceptors (Lipinski definition) is 7. The molecule has 4 aromatic rings. The Hall–Kier alpha value is -4.67. The maximum atomic E-state index is 13.3. The predicted molar refractivity (Wildman–Crippen MR) is 155 cm³/mol. The van der Waals surface area contributed by atoms with Crippen molar-refractivity contribution < 1.29 is 60.9 Å². The predicted octanol–water partition coefficient (Wildman–Crippen LogP) is 1.62. The number of phenols is 1. The van der Waals surface area contributed by atoms with E-state index >= 15 is 0 Å². The van der Waals surface area contributed by atoms with Gasteiger partial charge in [0, 0.05) is 24.5 Å². The van der Waals surface area contributed by atoms with Crippen molar-refractivity contribution in [3.63, 3.8) is 0 Å². The molecule has 0 aliphatic carbocycles. The van der Waals surface area contributed by atoms with Gasteiger partial charge in [0.2, 0.25) is 0 Å². The van der Waals surface area contributed by atoms with Gasteiger partial charge in [0.05, 0.1) is 27.6 Å². The summed E-state index contributed by atoms with van der Waals surface area (Å²) in [6.45, 7) is 1.53. The number of rotatable bonds is 10. The minimum absolute atomic E-state index is 0. The summed E-state index contributed by atoms with van der Waals surface area (Å²) in [6, 6.07) is 16.6. The van der Waals surface area contributed by atoms with Crippen molar-refractivity contribution in [2.75, 3.05) is 27.7 Å². The lowest BCUT2D eigenvalue weighted by Crippen LogP contribution is -3.00. The van der Waals surface area contributed by atoms with Crippen LogP contribution >= 0.6 is 0 Å². The number of benzene rings is 4. The summed E-state index contributed by atoms with van der Waals surface area (Å²) in [6.07, 6.45) is -1.31. The number of ether oxygens (including phenoxy) is 2. The second kappa shape index (κ2) is 13.1. The fraction of sp³-hybridized carbons (Fsp3) is 0.250. The number of carboxylic acid groups (broad SMARTS) is 2. The van der Waals surface area contributed by atoms with Crippen LogP contribution < -0.4 is 17.1 Å². The molecule has 0 saturated heterocycles. The molecule has 0 aliphatic heterocycles. The van der Waals surface area contributed by atoms with E-state index in [1.165, 1.54) is 19.1 Å². The Morgan fingerprint density at radius 2 is 1.33 bits per heavy atom. The standard InChI is InChI=1S/C32H31NO9.ClH/c1-18(34)41-21(17-33(2,3)4)15-28(35)42-30-25(23-12-8-6-10-20(23)14-27(30)32(39)40)16-24-22-11-7-5-9-19(22)13-26(29(24)36)31(37)38;/h5-14,21H,15-17H2,1-4H3,(H2-,36,37,38,39,40);1H/t21-;/m1./s1. The van der Waals surface area contributed by atoms with Gasteiger partial charge in [-0.25, -0.2) is 9.59 Å². The summed E-state index contributed by atoms with van der Waals surface area (Å²) in [5.74, 6) is -4.77. The number of nitrogens with zero attached hydrogens (tertiary/aromatic N) is 1. The molecule has 11 heteroatoms. The summed E-state index contributed by atoms with van der Waals surface area (Å²) >= 11 is 0. The number of carboxylic acids is 2. The summed E-state index contributed by atoms with van der Waals surface area (Å²) in [4.78, 5) is 49.4. The molecule has 0 heterocycles. The Kier molecular flexibility index (Phi) is 10.0. The average Bonchev–Trinajstić information content (AvgIpc) is 2.89. The number of hydrogen-bond donors (Lipinski definition) is 3. The maximum Gasteiger partial charge on any atom is 0.339 e. The molecule has 43 heavy (non-hydrogen) atoms. The number of carbonyl (C=O) groups is 4. The third-order valence-electron chi connectivity index (χ3n) is 6.74. The van der Waals surface area contributed by atoms with Crippen molar-refractivity contribution in [2.24, 2.45) is 0 Å². The van der Waals surface area contributed by atoms with Gasteiger partial charge >= 0.3 is 23.9 Å². The molecule has 0 amide bonds. The van der Waals surface area contributed by atoms with E-state index in [-0.39, 0.29) is 53.3 Å². The molecule has 4 aromatic carbocycles. The van der Waals surface area contributed by atoms with Gasteiger partial charge < -0.3 is 41.7 Å². The molecule has 0 radical (unpaired) electrons. The van der Waals surface area contributed by atoms with Gasteiger partial charge in [-0.1, -0.05) is 48.5 Å². The Balaban J connectivity index is 0.00000506. The first-order valence-corrected chi connectivity index (χ1v) is 13.2. The zero-order chi connectivity index (χ0) is 30.8. The van der Waals surface area contributed by atoms with E-state index in [4.69, 9.17) is 9.47 Å². The first-order valence-electron chi connectivity index (χ1n) is 13.2. The quantitative estimate of drug-likeness (QED) is 0.139. The molecule has 0 bridgehead atoms. The Labute approximate surface area is 254 Å². The molecule has 0 unspecified atom stereocenters. The maximum absolute atomic E-state index is 13.3. The van der Waals surface area contributed by atoms with Crippen LogP contribution in [0, 0.1) is 0 Å². The molecule has 0 saturated carbocycles. The van der Waals surface area contributed by atoms with Crippen molar-refractivity contribution in [3.05, 3.63) is 82.9 Å². The number of fused-ring (bicyclic) bond motifs is 2. The lowest BCUT2D eigenvalue weighted by molar-refractivity contribution is -0.873. The third kappa shape index (κ3) is 7.59. The van der Waals surface area contributed by atoms with Gasteiger partial charge in [-0.3, -0.25) is 9.59 Å². The normalized spacial score (nSPS) is 11.9. The number of carbonyl (C=O) groups excluding carboxylic acids is 2. The van der Waals surface area contributed by atoms with Crippen LogP contribution in [0.2, 0.25) is 0 Å². The molecule has 1 atom stereocenters. The van der Waals surface area contributed by atoms with Crippen LogP contribution in [0.25, 0.3) is 21.5 Å². The Morgan fingerprint density at radius 1 is 0.814 bits per heavy atom. The van der Waals surface area contributed by atoms with Crippen LogP contribution in [-0.4, -0.2) is 77.5 Å². The smallest absolute Gasteiger partial charge is 0.339 e. The molecule has 0 aromatic heterocycles. The van der Waals surface area contributed by atoms with Crippen LogP contribution in [-0.2, 0) is 20.7 Å². The van der Waals surface area contributed by atoms with Crippen molar-refractivity contribution >= 4 is 45.4 Å². The molecule has 3 N–H and O–H groups in total. The topological polar surface area (TPSA) is 147 Å². The molecular weight excluding hydrogens is 578 g/mol. The van der Waals surface area contributed by atoms with E-state index in [9.17, 15) is 34.5 Å². The van der Waals surface area contributed by atoms with Gasteiger partial charge in [0.15, 0.2) is 6.10 Å². The van der Waals surface area contributed by atoms with Crippen LogP contribution in [0.5, 0.6) is 11.5 Å². The van der Waals surface area contributed by atoms with Crippen molar-refractivity contribution in [2.45, 2.75) is 25.9 Å². The monoisotopic (exact) mass is 609 g/mol. The first-order chi connectivity index (χ1) is 19.7. The van der Waals surface area contributed by atoms with Crippen molar-refractivity contribution in [1.82, 2.24) is 0 Å². The largest absolute Gasteiger partial charge is 1.00 e. The lowest BCUT2D eigenvalue weighted by Gasteiger charge is -2.28. The summed E-state index contributed by atoms with van der Waals surface area (Å²) in [5.41, 5.74) is -0.0906. The van der Waals surface area contributed by atoms with E-state index in [1.807, 2.05) is 21.1 Å². The number of quaternary nitrogens is 1. The molecule has 0 aliphatic rings. The fourth-order valence-electron chi connectivity index (χ4n) is 5.12. The van der Waals surface area contributed by atoms with Gasteiger partial charge in [0.25, 0.3) is 0 Å². The molecule has 10 nitrogen and oxygen atoms in total. The van der Waals surface area contributed by atoms with Crippen LogP contribution in [0.15, 0.2) is 60.7 Å². The minimum Gasteiger partial charge on any atom is -1.00 e. The third-order valence-corrected chi connectivity index (χ3v) is 6.74. The van der Waals surface area contributed by atoms with Crippen molar-refractivity contribution in [3.8, 4) is 11.5 Å². The molecule has 0 fully saturated rings. The summed E-state index contributed by atoms with van der Waals surface area (Å²) < 4.78 is 11.5. The lowest BCUT2D eigenvalue weighted by atomic mass is 9.90. The van der Waals surface area contributed by atoms with Crippen LogP contribution in [0.3, 0.4) is 0 Å². The number of likely N-dealkylation sites (N-methyl/N-ethyl adjacent to an activating group) is 1. The SMILES string of the molecule is CC(=O)O[C@H](CC(=O)Oc1c(C(=O)O)cc2ccccc2c1Cc1c(O)c(C(=O)O)cc2ccccc12)C[N+](C)(C)C.[Cl-]. The average molecular weight is 610 g/mol. The number of esters is 2. The minimum atomic E-state index is -1.35. The molecule has 0 spiro atoms. The van der Waals surface area contributed by atoms with E-state index in [2.05, 4.69) is 0 Å². The highest BCUT2D eigenvalue weighted by Gasteiger charge is 2.29. The first kappa shape index (κ1) is 32.8.